The smallest absolute Gasteiger partial charge is 0.242 e. The quantitative estimate of drug-likeness (QED) is 0.754. The first-order valence-electron chi connectivity index (χ1n) is 9.46. The van der Waals surface area contributed by atoms with E-state index in [1.54, 1.807) is 45.9 Å². The van der Waals surface area contributed by atoms with E-state index in [9.17, 15) is 14.0 Å². The first-order valence-corrected chi connectivity index (χ1v) is 9.46. The van der Waals surface area contributed by atoms with E-state index in [1.165, 1.54) is 11.0 Å². The molecule has 0 radical (unpaired) electrons. The lowest BCUT2D eigenvalue weighted by Gasteiger charge is -2.43. The Bertz CT molecular complexity index is 672. The van der Waals surface area contributed by atoms with E-state index in [0.717, 1.165) is 26.2 Å². The van der Waals surface area contributed by atoms with Crippen LogP contribution in [0.4, 0.5) is 4.39 Å². The molecule has 2 amide bonds. The maximum Gasteiger partial charge on any atom is 0.242 e. The Kier molecular flexibility index (Phi) is 6.95. The number of primary amides is 1. The molecule has 0 aliphatic carbocycles. The molecular formula is C20H31FN4O2. The number of carbonyl (C=O) groups is 2. The summed E-state index contributed by atoms with van der Waals surface area (Å²) in [7, 11) is 0. The van der Waals surface area contributed by atoms with E-state index in [-0.39, 0.29) is 30.2 Å². The average molecular weight is 378 g/mol. The van der Waals surface area contributed by atoms with Crippen molar-refractivity contribution < 1.29 is 14.0 Å². The molecule has 1 fully saturated rings. The van der Waals surface area contributed by atoms with Crippen LogP contribution in [0.15, 0.2) is 24.3 Å². The van der Waals surface area contributed by atoms with Gasteiger partial charge < -0.3 is 16.0 Å². The van der Waals surface area contributed by atoms with E-state index >= 15 is 0 Å². The van der Waals surface area contributed by atoms with E-state index in [2.05, 4.69) is 10.2 Å². The van der Waals surface area contributed by atoms with Gasteiger partial charge in [-0.2, -0.15) is 0 Å². The zero-order valence-electron chi connectivity index (χ0n) is 16.7. The van der Waals surface area contributed by atoms with Crippen LogP contribution < -0.4 is 11.1 Å². The van der Waals surface area contributed by atoms with Crippen molar-refractivity contribution >= 4 is 11.8 Å². The summed E-state index contributed by atoms with van der Waals surface area (Å²) in [5, 5.41) is 3.29. The van der Waals surface area contributed by atoms with E-state index in [1.807, 2.05) is 0 Å². The van der Waals surface area contributed by atoms with E-state index in [4.69, 9.17) is 5.73 Å². The minimum absolute atomic E-state index is 0.171. The number of amides is 2. The van der Waals surface area contributed by atoms with Gasteiger partial charge in [-0.05, 0) is 19.9 Å². The summed E-state index contributed by atoms with van der Waals surface area (Å²) in [6, 6.07) is 6.27. The monoisotopic (exact) mass is 378 g/mol. The number of benzene rings is 1. The fourth-order valence-electron chi connectivity index (χ4n) is 3.36. The molecule has 2 rings (SSSR count). The molecule has 1 atom stereocenters. The largest absolute Gasteiger partial charge is 0.368 e. The van der Waals surface area contributed by atoms with Crippen LogP contribution in [0.2, 0.25) is 0 Å². The molecule has 0 saturated carbocycles. The van der Waals surface area contributed by atoms with Crippen molar-refractivity contribution in [2.24, 2.45) is 11.7 Å². The minimum Gasteiger partial charge on any atom is -0.368 e. The van der Waals surface area contributed by atoms with Crippen LogP contribution in [0, 0.1) is 11.7 Å². The third-order valence-electron chi connectivity index (χ3n) is 5.25. The van der Waals surface area contributed by atoms with Gasteiger partial charge in [-0.15, -0.1) is 0 Å². The van der Waals surface area contributed by atoms with Gasteiger partial charge >= 0.3 is 0 Å². The number of nitrogens with two attached hydrogens (primary N) is 1. The molecular weight excluding hydrogens is 347 g/mol. The summed E-state index contributed by atoms with van der Waals surface area (Å²) < 4.78 is 14.6. The Morgan fingerprint density at radius 2 is 1.85 bits per heavy atom. The molecule has 27 heavy (non-hydrogen) atoms. The molecule has 3 N–H and O–H groups in total. The molecule has 1 saturated heterocycles. The highest BCUT2D eigenvalue weighted by molar-refractivity contribution is 5.90. The fraction of sp³-hybridized carbons (Fsp3) is 0.600. The molecule has 0 aromatic heterocycles. The molecule has 6 nitrogen and oxygen atoms in total. The highest BCUT2D eigenvalue weighted by Crippen LogP contribution is 2.29. The van der Waals surface area contributed by atoms with E-state index in [0.29, 0.717) is 5.56 Å². The number of piperazine rings is 1. The number of hydrogen-bond acceptors (Lipinski definition) is 4. The molecule has 7 heteroatoms. The zero-order valence-corrected chi connectivity index (χ0v) is 16.7. The molecule has 0 spiro atoms. The normalized spacial score (nSPS) is 17.0. The van der Waals surface area contributed by atoms with Crippen LogP contribution in [-0.4, -0.2) is 59.9 Å². The Hall–Kier alpha value is -1.99. The number of carbonyl (C=O) groups excluding carboxylic acids is 2. The van der Waals surface area contributed by atoms with Crippen LogP contribution in [0.1, 0.15) is 39.3 Å². The van der Waals surface area contributed by atoms with Crippen LogP contribution in [0.5, 0.6) is 0 Å². The molecule has 1 aromatic rings. The predicted octanol–water partition coefficient (Wildman–Crippen LogP) is 1.52. The van der Waals surface area contributed by atoms with Gasteiger partial charge in [0.25, 0.3) is 0 Å². The van der Waals surface area contributed by atoms with Crippen molar-refractivity contribution in [3.05, 3.63) is 35.6 Å². The predicted molar refractivity (Wildman–Crippen MR) is 103 cm³/mol. The summed E-state index contributed by atoms with van der Waals surface area (Å²) in [5.41, 5.74) is 4.96. The van der Waals surface area contributed by atoms with Gasteiger partial charge in [0.15, 0.2) is 0 Å². The maximum absolute atomic E-state index is 14.6. The van der Waals surface area contributed by atoms with Crippen molar-refractivity contribution in [3.63, 3.8) is 0 Å². The Morgan fingerprint density at radius 3 is 2.37 bits per heavy atom. The maximum atomic E-state index is 14.6. The van der Waals surface area contributed by atoms with Gasteiger partial charge in [0.05, 0.1) is 6.04 Å². The van der Waals surface area contributed by atoms with E-state index < -0.39 is 11.4 Å². The number of rotatable bonds is 7. The third kappa shape index (κ3) is 4.84. The van der Waals surface area contributed by atoms with Gasteiger partial charge in [-0.25, -0.2) is 4.39 Å². The van der Waals surface area contributed by atoms with Gasteiger partial charge in [0.1, 0.15) is 11.4 Å². The van der Waals surface area contributed by atoms with Crippen molar-refractivity contribution in [1.29, 1.82) is 0 Å². The van der Waals surface area contributed by atoms with Gasteiger partial charge in [0.2, 0.25) is 11.8 Å². The van der Waals surface area contributed by atoms with Crippen LogP contribution >= 0.6 is 0 Å². The SMILES string of the molecule is CC(C)C(=O)N(CC(c1ccccc1F)N1CCNCC1)C(C)(C)C(N)=O. The van der Waals surface area contributed by atoms with Crippen molar-refractivity contribution in [2.45, 2.75) is 39.3 Å². The lowest BCUT2D eigenvalue weighted by atomic mass is 9.95. The summed E-state index contributed by atoms with van der Waals surface area (Å²) in [5.74, 6) is -1.36. The second kappa shape index (κ2) is 8.80. The lowest BCUT2D eigenvalue weighted by Crippen LogP contribution is -2.59. The van der Waals surface area contributed by atoms with Gasteiger partial charge in [-0.3, -0.25) is 14.5 Å². The Labute approximate surface area is 160 Å². The standard InChI is InChI=1S/C20H31FN4O2/c1-14(2)18(26)25(20(3,4)19(22)27)13-17(24-11-9-23-10-12-24)15-7-5-6-8-16(15)21/h5-8,14,17,23H,9-13H2,1-4H3,(H2,22,27). The van der Waals surface area contributed by atoms with Crippen molar-refractivity contribution in [2.75, 3.05) is 32.7 Å². The molecule has 1 heterocycles. The topological polar surface area (TPSA) is 78.7 Å². The highest BCUT2D eigenvalue weighted by Gasteiger charge is 2.40. The van der Waals surface area contributed by atoms with Crippen LogP contribution in [-0.2, 0) is 9.59 Å². The highest BCUT2D eigenvalue weighted by atomic mass is 19.1. The van der Waals surface area contributed by atoms with Crippen molar-refractivity contribution in [3.8, 4) is 0 Å². The van der Waals surface area contributed by atoms with Crippen LogP contribution in [0.3, 0.4) is 0 Å². The first kappa shape index (κ1) is 21.3. The molecule has 0 bridgehead atoms. The Balaban J connectivity index is 2.44. The first-order chi connectivity index (χ1) is 12.7. The average Bonchev–Trinajstić information content (AvgIpc) is 2.63. The third-order valence-corrected chi connectivity index (χ3v) is 5.25. The number of hydrogen-bond donors (Lipinski definition) is 2. The van der Waals surface area contributed by atoms with Gasteiger partial charge in [0, 0.05) is 44.2 Å². The Morgan fingerprint density at radius 1 is 1.26 bits per heavy atom. The summed E-state index contributed by atoms with van der Waals surface area (Å²) >= 11 is 0. The zero-order chi connectivity index (χ0) is 20.2. The second-order valence-electron chi connectivity index (χ2n) is 7.85. The summed E-state index contributed by atoms with van der Waals surface area (Å²) in [6.45, 7) is 10.1. The number of halogens is 1. The molecule has 1 aliphatic rings. The molecule has 1 aromatic carbocycles. The molecule has 150 valence electrons. The molecule has 1 aliphatic heterocycles. The van der Waals surface area contributed by atoms with Crippen molar-refractivity contribution in [1.82, 2.24) is 15.1 Å². The molecule has 1 unspecified atom stereocenters. The summed E-state index contributed by atoms with van der Waals surface area (Å²) in [6.07, 6.45) is 0. The second-order valence-corrected chi connectivity index (χ2v) is 7.85. The number of nitrogens with zero attached hydrogens (tertiary/aromatic N) is 2. The van der Waals surface area contributed by atoms with Gasteiger partial charge in [-0.1, -0.05) is 32.0 Å². The fourth-order valence-corrected chi connectivity index (χ4v) is 3.36. The minimum atomic E-state index is -1.17. The lowest BCUT2D eigenvalue weighted by molar-refractivity contribution is -0.148. The van der Waals surface area contributed by atoms with Crippen LogP contribution in [0.25, 0.3) is 0 Å². The summed E-state index contributed by atoms with van der Waals surface area (Å²) in [4.78, 5) is 28.7. The number of nitrogens with one attached hydrogen (secondary N) is 1.